The molecule has 0 saturated carbocycles. The molecule has 1 aromatic heterocycles. The van der Waals surface area contributed by atoms with Gasteiger partial charge in [0.2, 0.25) is 12.6 Å². The van der Waals surface area contributed by atoms with Crippen LogP contribution in [0.3, 0.4) is 0 Å². The number of fused-ring (bicyclic) bond motifs is 1. The maximum atomic E-state index is 13.7. The van der Waals surface area contributed by atoms with Crippen LogP contribution in [0.25, 0.3) is 11.4 Å². The highest BCUT2D eigenvalue weighted by molar-refractivity contribution is 5.56. The number of ether oxygens (including phenoxy) is 2. The molecule has 4 rings (SSSR count). The number of anilines is 1. The normalized spacial score (nSPS) is 12.4. The van der Waals surface area contributed by atoms with Crippen molar-refractivity contribution < 1.29 is 18.4 Å². The predicted octanol–water partition coefficient (Wildman–Crippen LogP) is 3.22. The van der Waals surface area contributed by atoms with E-state index in [4.69, 9.17) is 14.0 Å². The van der Waals surface area contributed by atoms with Crippen LogP contribution in [0.4, 0.5) is 10.4 Å². The summed E-state index contributed by atoms with van der Waals surface area (Å²) in [5.41, 5.74) is 1.27. The molecule has 0 fully saturated rings. The summed E-state index contributed by atoms with van der Waals surface area (Å²) in [7, 11) is 0. The van der Waals surface area contributed by atoms with Gasteiger partial charge in [0.05, 0.1) is 5.56 Å². The van der Waals surface area contributed by atoms with Crippen molar-refractivity contribution in [3.8, 4) is 22.9 Å². The first kappa shape index (κ1) is 13.6. The molecule has 1 aliphatic heterocycles. The van der Waals surface area contributed by atoms with Gasteiger partial charge >= 0.3 is 6.01 Å². The van der Waals surface area contributed by atoms with E-state index in [0.717, 1.165) is 11.3 Å². The largest absolute Gasteiger partial charge is 0.454 e. The second-order valence-corrected chi connectivity index (χ2v) is 4.94. The Bertz CT molecular complexity index is 850. The Hall–Kier alpha value is -3.09. The van der Waals surface area contributed by atoms with E-state index >= 15 is 0 Å². The van der Waals surface area contributed by atoms with Crippen LogP contribution < -0.4 is 14.8 Å². The molecule has 1 N–H and O–H groups in total. The Morgan fingerprint density at radius 3 is 2.87 bits per heavy atom. The maximum absolute atomic E-state index is 13.7. The van der Waals surface area contributed by atoms with Gasteiger partial charge in [-0.1, -0.05) is 23.4 Å². The molecule has 23 heavy (non-hydrogen) atoms. The van der Waals surface area contributed by atoms with Crippen molar-refractivity contribution in [3.05, 3.63) is 53.8 Å². The Labute approximate surface area is 130 Å². The first-order chi connectivity index (χ1) is 11.3. The highest BCUT2D eigenvalue weighted by Crippen LogP contribution is 2.32. The van der Waals surface area contributed by atoms with Gasteiger partial charge < -0.3 is 19.3 Å². The number of hydrogen-bond donors (Lipinski definition) is 1. The molecule has 0 radical (unpaired) electrons. The molecule has 7 heteroatoms. The SMILES string of the molecule is Fc1ccccc1-c1noc(NCc2ccc3c(c2)OCO3)n1. The standard InChI is InChI=1S/C16H12FN3O3/c17-12-4-2-1-3-11(12)15-19-16(23-20-15)18-8-10-5-6-13-14(7-10)22-9-21-13/h1-7H,8-9H2,(H,18,19,20). The van der Waals surface area contributed by atoms with E-state index in [2.05, 4.69) is 15.5 Å². The Kier molecular flexibility index (Phi) is 3.30. The van der Waals surface area contributed by atoms with Crippen LogP contribution in [0.2, 0.25) is 0 Å². The molecule has 116 valence electrons. The molecule has 0 aliphatic carbocycles. The van der Waals surface area contributed by atoms with E-state index in [-0.39, 0.29) is 18.6 Å². The van der Waals surface area contributed by atoms with E-state index in [0.29, 0.717) is 17.9 Å². The maximum Gasteiger partial charge on any atom is 0.322 e. The quantitative estimate of drug-likeness (QED) is 0.797. The molecule has 3 aromatic rings. The fraction of sp³-hybridized carbons (Fsp3) is 0.125. The highest BCUT2D eigenvalue weighted by Gasteiger charge is 2.14. The third-order valence-electron chi connectivity index (χ3n) is 3.42. The molecule has 6 nitrogen and oxygen atoms in total. The van der Waals surface area contributed by atoms with Gasteiger partial charge in [0.1, 0.15) is 5.82 Å². The van der Waals surface area contributed by atoms with Crippen molar-refractivity contribution in [3.63, 3.8) is 0 Å². The van der Waals surface area contributed by atoms with Gasteiger partial charge in [-0.3, -0.25) is 0 Å². The summed E-state index contributed by atoms with van der Waals surface area (Å²) in [6.07, 6.45) is 0. The van der Waals surface area contributed by atoms with E-state index in [9.17, 15) is 4.39 Å². The summed E-state index contributed by atoms with van der Waals surface area (Å²) in [5, 5.41) is 6.79. The zero-order valence-electron chi connectivity index (χ0n) is 12.0. The third kappa shape index (κ3) is 2.68. The minimum Gasteiger partial charge on any atom is -0.454 e. The lowest BCUT2D eigenvalue weighted by molar-refractivity contribution is 0.174. The molecule has 0 amide bonds. The molecule has 0 unspecified atom stereocenters. The van der Waals surface area contributed by atoms with Crippen molar-refractivity contribution >= 4 is 6.01 Å². The van der Waals surface area contributed by atoms with Crippen molar-refractivity contribution in [1.29, 1.82) is 0 Å². The van der Waals surface area contributed by atoms with Crippen molar-refractivity contribution in [2.24, 2.45) is 0 Å². The zero-order chi connectivity index (χ0) is 15.6. The molecule has 1 aliphatic rings. The average Bonchev–Trinajstić information content (AvgIpc) is 3.22. The Morgan fingerprint density at radius 2 is 1.96 bits per heavy atom. The van der Waals surface area contributed by atoms with E-state index < -0.39 is 5.82 Å². The average molecular weight is 313 g/mol. The number of hydrogen-bond acceptors (Lipinski definition) is 6. The molecular weight excluding hydrogens is 301 g/mol. The summed E-state index contributed by atoms with van der Waals surface area (Å²) >= 11 is 0. The smallest absolute Gasteiger partial charge is 0.322 e. The summed E-state index contributed by atoms with van der Waals surface area (Å²) in [5.74, 6) is 1.25. The molecule has 2 aromatic carbocycles. The second-order valence-electron chi connectivity index (χ2n) is 4.94. The zero-order valence-corrected chi connectivity index (χ0v) is 12.0. The van der Waals surface area contributed by atoms with E-state index in [1.165, 1.54) is 6.07 Å². The van der Waals surface area contributed by atoms with Crippen molar-refractivity contribution in [2.75, 3.05) is 12.1 Å². The first-order valence-electron chi connectivity index (χ1n) is 7.00. The fourth-order valence-corrected chi connectivity index (χ4v) is 2.28. The van der Waals surface area contributed by atoms with Crippen molar-refractivity contribution in [2.45, 2.75) is 6.54 Å². The number of halogens is 1. The van der Waals surface area contributed by atoms with Crippen LogP contribution in [-0.2, 0) is 6.54 Å². The van der Waals surface area contributed by atoms with Crippen LogP contribution in [0.1, 0.15) is 5.56 Å². The summed E-state index contributed by atoms with van der Waals surface area (Å²) in [6.45, 7) is 0.706. The van der Waals surface area contributed by atoms with E-state index in [1.54, 1.807) is 18.2 Å². The molecule has 0 spiro atoms. The minimum atomic E-state index is -0.393. The fourth-order valence-electron chi connectivity index (χ4n) is 2.28. The number of aromatic nitrogens is 2. The van der Waals surface area contributed by atoms with Gasteiger partial charge in [0.15, 0.2) is 11.5 Å². The number of nitrogens with one attached hydrogen (secondary N) is 1. The molecule has 0 saturated heterocycles. The minimum absolute atomic E-state index is 0.205. The highest BCUT2D eigenvalue weighted by atomic mass is 19.1. The topological polar surface area (TPSA) is 69.4 Å². The number of rotatable bonds is 4. The summed E-state index contributed by atoms with van der Waals surface area (Å²) in [4.78, 5) is 4.14. The lowest BCUT2D eigenvalue weighted by Gasteiger charge is -2.03. The molecule has 0 bridgehead atoms. The third-order valence-corrected chi connectivity index (χ3v) is 3.42. The lowest BCUT2D eigenvalue weighted by atomic mass is 10.2. The van der Waals surface area contributed by atoms with Crippen LogP contribution in [0.15, 0.2) is 47.0 Å². The van der Waals surface area contributed by atoms with Gasteiger partial charge in [-0.15, -0.1) is 0 Å². The van der Waals surface area contributed by atoms with Gasteiger partial charge in [-0.25, -0.2) is 4.39 Å². The van der Waals surface area contributed by atoms with Crippen LogP contribution in [0, 0.1) is 5.82 Å². The van der Waals surface area contributed by atoms with Gasteiger partial charge in [-0.05, 0) is 29.8 Å². The predicted molar refractivity (Wildman–Crippen MR) is 79.6 cm³/mol. The van der Waals surface area contributed by atoms with E-state index in [1.807, 2.05) is 18.2 Å². The first-order valence-corrected chi connectivity index (χ1v) is 7.00. The van der Waals surface area contributed by atoms with Crippen LogP contribution in [0.5, 0.6) is 11.5 Å². The van der Waals surface area contributed by atoms with Gasteiger partial charge in [0.25, 0.3) is 0 Å². The molecular formula is C16H12FN3O3. The second kappa shape index (κ2) is 5.60. The Balaban J connectivity index is 1.47. The molecule has 2 heterocycles. The Morgan fingerprint density at radius 1 is 1.09 bits per heavy atom. The van der Waals surface area contributed by atoms with Crippen LogP contribution >= 0.6 is 0 Å². The number of nitrogens with zero attached hydrogens (tertiary/aromatic N) is 2. The van der Waals surface area contributed by atoms with Crippen LogP contribution in [-0.4, -0.2) is 16.9 Å². The van der Waals surface area contributed by atoms with Gasteiger partial charge in [-0.2, -0.15) is 4.98 Å². The molecule has 0 atom stereocenters. The summed E-state index contributed by atoms with van der Waals surface area (Å²) < 4.78 is 29.4. The lowest BCUT2D eigenvalue weighted by Crippen LogP contribution is -1.99. The monoisotopic (exact) mass is 313 g/mol. The van der Waals surface area contributed by atoms with Gasteiger partial charge in [0, 0.05) is 6.54 Å². The van der Waals surface area contributed by atoms with Crippen molar-refractivity contribution in [1.82, 2.24) is 10.1 Å². The number of benzene rings is 2. The summed E-state index contributed by atoms with van der Waals surface area (Å²) in [6, 6.07) is 12.1.